The zero-order valence-corrected chi connectivity index (χ0v) is 12.4. The Morgan fingerprint density at radius 3 is 2.95 bits per heavy atom. The Labute approximate surface area is 124 Å². The van der Waals surface area contributed by atoms with Crippen molar-refractivity contribution in [2.45, 2.75) is 51.3 Å². The van der Waals surface area contributed by atoms with Crippen LogP contribution in [0.4, 0.5) is 0 Å². The molecule has 2 aliphatic rings. The van der Waals surface area contributed by atoms with E-state index in [1.807, 2.05) is 12.1 Å². The average Bonchev–Trinajstić information content (AvgIpc) is 2.72. The van der Waals surface area contributed by atoms with Crippen molar-refractivity contribution in [3.63, 3.8) is 0 Å². The predicted molar refractivity (Wildman–Crippen MR) is 77.9 cm³/mol. The van der Waals surface area contributed by atoms with Crippen LogP contribution < -0.4 is 15.4 Å². The largest absolute Gasteiger partial charge is 0.487 e. The highest BCUT2D eigenvalue weighted by atomic mass is 16.5. The number of ether oxygens (including phenoxy) is 1. The van der Waals surface area contributed by atoms with Crippen molar-refractivity contribution in [1.29, 1.82) is 0 Å². The van der Waals surface area contributed by atoms with E-state index in [1.54, 1.807) is 0 Å². The summed E-state index contributed by atoms with van der Waals surface area (Å²) in [5, 5.41) is 5.58. The maximum atomic E-state index is 11.7. The zero-order valence-electron chi connectivity index (χ0n) is 12.4. The summed E-state index contributed by atoms with van der Waals surface area (Å²) >= 11 is 0. The molecule has 112 valence electrons. The molecular weight excluding hydrogens is 268 g/mol. The number of amides is 2. The molecule has 0 radical (unpaired) electrons. The molecule has 1 unspecified atom stereocenters. The maximum Gasteiger partial charge on any atom is 0.243 e. The molecule has 0 bridgehead atoms. The molecule has 1 aromatic carbocycles. The summed E-state index contributed by atoms with van der Waals surface area (Å²) in [4.78, 5) is 22.9. The molecule has 3 rings (SSSR count). The fourth-order valence-electron chi connectivity index (χ4n) is 2.94. The number of benzene rings is 1. The molecule has 1 fully saturated rings. The predicted octanol–water partition coefficient (Wildman–Crippen LogP) is 1.29. The lowest BCUT2D eigenvalue weighted by Gasteiger charge is -2.23. The number of hydrogen-bond acceptors (Lipinski definition) is 4. The van der Waals surface area contributed by atoms with Gasteiger partial charge in [-0.15, -0.1) is 0 Å². The summed E-state index contributed by atoms with van der Waals surface area (Å²) in [6, 6.07) is 5.80. The number of nitrogens with one attached hydrogen (secondary N) is 2. The van der Waals surface area contributed by atoms with Gasteiger partial charge < -0.3 is 10.1 Å². The van der Waals surface area contributed by atoms with Gasteiger partial charge in [0.2, 0.25) is 11.8 Å². The summed E-state index contributed by atoms with van der Waals surface area (Å²) in [6.45, 7) is 4.71. The lowest BCUT2D eigenvalue weighted by Crippen LogP contribution is -2.50. The van der Waals surface area contributed by atoms with E-state index in [0.29, 0.717) is 19.4 Å². The molecule has 2 N–H and O–H groups in total. The van der Waals surface area contributed by atoms with Crippen LogP contribution in [-0.4, -0.2) is 23.5 Å². The number of hydrogen-bond donors (Lipinski definition) is 2. The fraction of sp³-hybridized carbons (Fsp3) is 0.500. The molecule has 1 saturated heterocycles. The standard InChI is InChI=1S/C16H20N2O3/c1-16(2)8-10-4-3-5-11(14(10)21-16)9-17-12-6-7-13(19)18-15(12)20/h3-5,12,17H,6-9H2,1-2H3,(H,18,19,20). The van der Waals surface area contributed by atoms with Crippen LogP contribution in [0.2, 0.25) is 0 Å². The van der Waals surface area contributed by atoms with Crippen molar-refractivity contribution >= 4 is 11.8 Å². The highest BCUT2D eigenvalue weighted by Gasteiger charge is 2.32. The summed E-state index contributed by atoms with van der Waals surface area (Å²) < 4.78 is 6.01. The molecule has 2 heterocycles. The first-order valence-electron chi connectivity index (χ1n) is 7.31. The van der Waals surface area contributed by atoms with Gasteiger partial charge in [-0.2, -0.15) is 0 Å². The number of rotatable bonds is 3. The summed E-state index contributed by atoms with van der Waals surface area (Å²) in [7, 11) is 0. The Kier molecular flexibility index (Phi) is 3.45. The van der Waals surface area contributed by atoms with E-state index in [2.05, 4.69) is 30.5 Å². The lowest BCUT2D eigenvalue weighted by atomic mass is 10.00. The minimum atomic E-state index is -0.312. The van der Waals surface area contributed by atoms with Crippen molar-refractivity contribution in [2.24, 2.45) is 0 Å². The first-order valence-corrected chi connectivity index (χ1v) is 7.31. The van der Waals surface area contributed by atoms with Gasteiger partial charge in [0.05, 0.1) is 6.04 Å². The van der Waals surface area contributed by atoms with E-state index < -0.39 is 0 Å². The second kappa shape index (κ2) is 5.15. The van der Waals surface area contributed by atoms with Gasteiger partial charge in [-0.3, -0.25) is 14.9 Å². The van der Waals surface area contributed by atoms with E-state index in [4.69, 9.17) is 4.74 Å². The molecule has 1 atom stereocenters. The van der Waals surface area contributed by atoms with Crippen molar-refractivity contribution in [3.8, 4) is 5.75 Å². The first-order chi connectivity index (χ1) is 9.94. The van der Waals surface area contributed by atoms with Gasteiger partial charge in [-0.05, 0) is 25.8 Å². The van der Waals surface area contributed by atoms with Crippen LogP contribution in [0.5, 0.6) is 5.75 Å². The van der Waals surface area contributed by atoms with E-state index in [-0.39, 0.29) is 23.5 Å². The van der Waals surface area contributed by atoms with E-state index in [9.17, 15) is 9.59 Å². The third-order valence-electron chi connectivity index (χ3n) is 3.95. The van der Waals surface area contributed by atoms with Gasteiger partial charge >= 0.3 is 0 Å². The number of piperidine rings is 1. The molecule has 0 spiro atoms. The molecule has 21 heavy (non-hydrogen) atoms. The van der Waals surface area contributed by atoms with Gasteiger partial charge in [-0.25, -0.2) is 0 Å². The minimum absolute atomic E-state index is 0.174. The third-order valence-corrected chi connectivity index (χ3v) is 3.95. The van der Waals surface area contributed by atoms with Crippen molar-refractivity contribution in [1.82, 2.24) is 10.6 Å². The fourth-order valence-corrected chi connectivity index (χ4v) is 2.94. The second-order valence-electron chi connectivity index (χ2n) is 6.33. The van der Waals surface area contributed by atoms with Gasteiger partial charge in [-0.1, -0.05) is 18.2 Å². The summed E-state index contributed by atoms with van der Waals surface area (Å²) in [5.74, 6) is 0.506. The molecule has 0 saturated carbocycles. The second-order valence-corrected chi connectivity index (χ2v) is 6.33. The topological polar surface area (TPSA) is 67.4 Å². The monoisotopic (exact) mass is 288 g/mol. The zero-order chi connectivity index (χ0) is 15.0. The normalized spacial score (nSPS) is 23.4. The quantitative estimate of drug-likeness (QED) is 0.823. The molecule has 5 nitrogen and oxygen atoms in total. The number of fused-ring (bicyclic) bond motifs is 1. The summed E-state index contributed by atoms with van der Waals surface area (Å²) in [6.07, 6.45) is 1.83. The van der Waals surface area contributed by atoms with Crippen LogP contribution in [0, 0.1) is 0 Å². The van der Waals surface area contributed by atoms with Crippen LogP contribution in [0.3, 0.4) is 0 Å². The molecule has 2 aliphatic heterocycles. The van der Waals surface area contributed by atoms with Crippen molar-refractivity contribution < 1.29 is 14.3 Å². The van der Waals surface area contributed by atoms with Gasteiger partial charge in [0.25, 0.3) is 0 Å². The van der Waals surface area contributed by atoms with Crippen LogP contribution in [0.15, 0.2) is 18.2 Å². The van der Waals surface area contributed by atoms with Crippen LogP contribution >= 0.6 is 0 Å². The van der Waals surface area contributed by atoms with Gasteiger partial charge in [0, 0.05) is 24.9 Å². The van der Waals surface area contributed by atoms with Crippen molar-refractivity contribution in [3.05, 3.63) is 29.3 Å². The smallest absolute Gasteiger partial charge is 0.243 e. The molecule has 5 heteroatoms. The Hall–Kier alpha value is -1.88. The Balaban J connectivity index is 1.69. The number of para-hydroxylation sites is 1. The molecule has 0 aromatic heterocycles. The molecule has 0 aliphatic carbocycles. The Morgan fingerprint density at radius 1 is 1.38 bits per heavy atom. The van der Waals surface area contributed by atoms with E-state index >= 15 is 0 Å². The number of imide groups is 1. The molecule has 1 aromatic rings. The van der Waals surface area contributed by atoms with Crippen LogP contribution in [0.25, 0.3) is 0 Å². The number of carbonyl (C=O) groups excluding carboxylic acids is 2. The highest BCUT2D eigenvalue weighted by molar-refractivity contribution is 6.00. The van der Waals surface area contributed by atoms with Gasteiger partial charge in [0.15, 0.2) is 0 Å². The van der Waals surface area contributed by atoms with E-state index in [0.717, 1.165) is 17.7 Å². The highest BCUT2D eigenvalue weighted by Crippen LogP contribution is 2.37. The SMILES string of the molecule is CC1(C)Cc2cccc(CNC3CCC(=O)NC3=O)c2O1. The van der Waals surface area contributed by atoms with E-state index in [1.165, 1.54) is 5.56 Å². The maximum absolute atomic E-state index is 11.7. The van der Waals surface area contributed by atoms with Gasteiger partial charge in [0.1, 0.15) is 11.4 Å². The third kappa shape index (κ3) is 2.93. The molecular formula is C16H20N2O3. The summed E-state index contributed by atoms with van der Waals surface area (Å²) in [5.41, 5.74) is 2.10. The molecule has 2 amide bonds. The van der Waals surface area contributed by atoms with Crippen molar-refractivity contribution in [2.75, 3.05) is 0 Å². The minimum Gasteiger partial charge on any atom is -0.487 e. The average molecular weight is 288 g/mol. The lowest BCUT2D eigenvalue weighted by molar-refractivity contribution is -0.134. The van der Waals surface area contributed by atoms with Crippen LogP contribution in [0.1, 0.15) is 37.8 Å². The van der Waals surface area contributed by atoms with Crippen LogP contribution in [-0.2, 0) is 22.6 Å². The number of carbonyl (C=O) groups is 2. The first kappa shape index (κ1) is 14.1. The Morgan fingerprint density at radius 2 is 2.19 bits per heavy atom. The Bertz CT molecular complexity index is 595.